The lowest BCUT2D eigenvalue weighted by Gasteiger charge is -2.13. The van der Waals surface area contributed by atoms with Gasteiger partial charge in [-0.25, -0.2) is 13.3 Å². The lowest BCUT2D eigenvalue weighted by Crippen LogP contribution is -2.19. The molecule has 0 saturated carbocycles. The first kappa shape index (κ1) is 18.7. The molecule has 3 rings (SSSR count). The lowest BCUT2D eigenvalue weighted by atomic mass is 9.98. The smallest absolute Gasteiger partial charge is 0.258 e. The summed E-state index contributed by atoms with van der Waals surface area (Å²) in [6.45, 7) is 0.312. The van der Waals surface area contributed by atoms with Crippen LogP contribution in [0.3, 0.4) is 0 Å². The second-order valence-electron chi connectivity index (χ2n) is 5.86. The Morgan fingerprint density at radius 2 is 1.96 bits per heavy atom. The molecule has 0 spiro atoms. The van der Waals surface area contributed by atoms with Crippen LogP contribution in [0.15, 0.2) is 47.4 Å². The molecule has 5 nitrogen and oxygen atoms in total. The second-order valence-corrected chi connectivity index (χ2v) is 7.05. The predicted octanol–water partition coefficient (Wildman–Crippen LogP) is 3.27. The fourth-order valence-electron chi connectivity index (χ4n) is 2.87. The summed E-state index contributed by atoms with van der Waals surface area (Å²) in [6.07, 6.45) is 2.14. The molecule has 3 aromatic rings. The summed E-state index contributed by atoms with van der Waals surface area (Å²) in [6, 6.07) is 9.43. The molecule has 0 bridgehead atoms. The normalized spacial score (nSPS) is 12.5. The molecule has 0 fully saturated rings. The van der Waals surface area contributed by atoms with Gasteiger partial charge in [0.15, 0.2) is 0 Å². The third-order valence-electron chi connectivity index (χ3n) is 4.11. The predicted molar refractivity (Wildman–Crippen MR) is 102 cm³/mol. The van der Waals surface area contributed by atoms with E-state index >= 15 is 0 Å². The molecule has 136 valence electrons. The van der Waals surface area contributed by atoms with Crippen LogP contribution in [-0.2, 0) is 24.7 Å². The van der Waals surface area contributed by atoms with E-state index in [2.05, 4.69) is 4.72 Å². The minimum Gasteiger partial charge on any atom is -0.317 e. The van der Waals surface area contributed by atoms with E-state index in [1.165, 1.54) is 22.8 Å². The first-order chi connectivity index (χ1) is 12.4. The zero-order chi connectivity index (χ0) is 18.8. The van der Waals surface area contributed by atoms with Gasteiger partial charge in [-0.05, 0) is 47.7 Å². The van der Waals surface area contributed by atoms with Crippen molar-refractivity contribution in [1.82, 2.24) is 9.29 Å². The molecule has 1 heterocycles. The zero-order valence-electron chi connectivity index (χ0n) is 13.8. The number of pyridine rings is 1. The Bertz CT molecular complexity index is 1070. The molecule has 1 unspecified atom stereocenters. The maximum Gasteiger partial charge on any atom is 0.258 e. The van der Waals surface area contributed by atoms with Crippen LogP contribution >= 0.6 is 11.6 Å². The molecule has 1 atom stereocenters. The highest BCUT2D eigenvalue weighted by Crippen LogP contribution is 2.33. The van der Waals surface area contributed by atoms with Gasteiger partial charge in [0.2, 0.25) is 11.3 Å². The monoisotopic (exact) mass is 394 g/mol. The third kappa shape index (κ3) is 3.86. The number of nitrogens with zero attached hydrogens (tertiary/aromatic N) is 1. The van der Waals surface area contributed by atoms with Gasteiger partial charge in [-0.2, -0.15) is 0 Å². The van der Waals surface area contributed by atoms with E-state index in [9.17, 15) is 13.4 Å². The molecular formula is C18H16ClFN2O3S. The van der Waals surface area contributed by atoms with Gasteiger partial charge < -0.3 is 4.57 Å². The minimum absolute atomic E-state index is 0.217. The maximum absolute atomic E-state index is 13.8. The molecule has 0 amide bonds. The fourth-order valence-corrected chi connectivity index (χ4v) is 3.37. The summed E-state index contributed by atoms with van der Waals surface area (Å²) in [5.74, 6) is -0.436. The summed E-state index contributed by atoms with van der Waals surface area (Å²) < 4.78 is 37.1. The van der Waals surface area contributed by atoms with Crippen LogP contribution < -0.4 is 10.3 Å². The number of rotatable bonds is 5. The van der Waals surface area contributed by atoms with Crippen molar-refractivity contribution in [2.75, 3.05) is 6.54 Å². The van der Waals surface area contributed by atoms with Crippen molar-refractivity contribution in [2.24, 2.45) is 7.05 Å². The van der Waals surface area contributed by atoms with Gasteiger partial charge in [-0.3, -0.25) is 9.35 Å². The van der Waals surface area contributed by atoms with E-state index in [0.717, 1.165) is 5.56 Å². The van der Waals surface area contributed by atoms with E-state index in [4.69, 9.17) is 16.2 Å². The minimum atomic E-state index is -2.07. The Labute approximate surface area is 156 Å². The molecule has 2 N–H and O–H groups in total. The number of aromatic nitrogens is 1. The molecule has 0 saturated heterocycles. The largest absolute Gasteiger partial charge is 0.317 e. The second kappa shape index (κ2) is 7.67. The Balaban J connectivity index is 2.14. The number of nitrogens with one attached hydrogen (secondary N) is 1. The van der Waals surface area contributed by atoms with Crippen molar-refractivity contribution in [3.8, 4) is 11.1 Å². The molecule has 2 aromatic carbocycles. The van der Waals surface area contributed by atoms with Crippen molar-refractivity contribution in [3.63, 3.8) is 0 Å². The van der Waals surface area contributed by atoms with Crippen LogP contribution in [0.25, 0.3) is 21.9 Å². The van der Waals surface area contributed by atoms with Crippen LogP contribution in [0.4, 0.5) is 4.39 Å². The molecule has 0 aliphatic heterocycles. The molecule has 0 aliphatic rings. The fraction of sp³-hybridized carbons (Fsp3) is 0.167. The number of benzene rings is 2. The van der Waals surface area contributed by atoms with Crippen LogP contribution in [0.1, 0.15) is 5.56 Å². The quantitative estimate of drug-likeness (QED) is 0.652. The van der Waals surface area contributed by atoms with Gasteiger partial charge in [-0.15, -0.1) is 0 Å². The molecule has 0 aliphatic carbocycles. The highest BCUT2D eigenvalue weighted by atomic mass is 35.5. The first-order valence-corrected chi connectivity index (χ1v) is 9.27. The van der Waals surface area contributed by atoms with Gasteiger partial charge >= 0.3 is 0 Å². The molecule has 1 aromatic heterocycles. The van der Waals surface area contributed by atoms with Gasteiger partial charge in [0.1, 0.15) is 5.82 Å². The Hall–Kier alpha value is -2.06. The van der Waals surface area contributed by atoms with Crippen molar-refractivity contribution >= 4 is 33.6 Å². The summed E-state index contributed by atoms with van der Waals surface area (Å²) in [7, 11) is 1.63. The molecule has 0 radical (unpaired) electrons. The van der Waals surface area contributed by atoms with Crippen LogP contribution in [0.2, 0.25) is 5.02 Å². The number of hydrogen-bond donors (Lipinski definition) is 2. The molecule has 26 heavy (non-hydrogen) atoms. The average Bonchev–Trinajstić information content (AvgIpc) is 2.59. The van der Waals surface area contributed by atoms with Gasteiger partial charge in [0, 0.05) is 41.3 Å². The summed E-state index contributed by atoms with van der Waals surface area (Å²) in [5, 5.41) is 1.36. The zero-order valence-corrected chi connectivity index (χ0v) is 15.4. The maximum atomic E-state index is 13.8. The van der Waals surface area contributed by atoms with E-state index in [1.54, 1.807) is 19.3 Å². The van der Waals surface area contributed by atoms with Crippen molar-refractivity contribution in [1.29, 1.82) is 0 Å². The highest BCUT2D eigenvalue weighted by Gasteiger charge is 2.13. The highest BCUT2D eigenvalue weighted by molar-refractivity contribution is 7.77. The van der Waals surface area contributed by atoms with Crippen molar-refractivity contribution in [3.05, 3.63) is 69.4 Å². The van der Waals surface area contributed by atoms with Crippen LogP contribution in [0, 0.1) is 5.82 Å². The van der Waals surface area contributed by atoms with Gasteiger partial charge in [0.25, 0.3) is 5.56 Å². The van der Waals surface area contributed by atoms with Crippen LogP contribution in [-0.4, -0.2) is 19.9 Å². The van der Waals surface area contributed by atoms with E-state index < -0.39 is 17.1 Å². The standard InChI is InChI=1S/C18H16ClFN2O3S/c1-22-10-16(14-9-12(20)3-4-13(14)18(22)23)15-8-11(2-5-17(15)19)6-7-21-26(24)25/h2-5,8-10,21H,6-7H2,1H3,(H,24,25). The molecular weight excluding hydrogens is 379 g/mol. The molecule has 8 heteroatoms. The third-order valence-corrected chi connectivity index (χ3v) is 4.89. The Morgan fingerprint density at radius 1 is 1.19 bits per heavy atom. The lowest BCUT2D eigenvalue weighted by molar-refractivity contribution is 0.549. The number of hydrogen-bond acceptors (Lipinski definition) is 2. The first-order valence-electron chi connectivity index (χ1n) is 7.79. The van der Waals surface area contributed by atoms with Crippen molar-refractivity contribution < 1.29 is 13.2 Å². The summed E-state index contributed by atoms with van der Waals surface area (Å²) in [4.78, 5) is 12.3. The van der Waals surface area contributed by atoms with E-state index in [1.807, 2.05) is 12.1 Å². The van der Waals surface area contributed by atoms with Gasteiger partial charge in [-0.1, -0.05) is 17.7 Å². The summed E-state index contributed by atoms with van der Waals surface area (Å²) in [5.41, 5.74) is 1.99. The van der Waals surface area contributed by atoms with Crippen LogP contribution in [0.5, 0.6) is 0 Å². The average molecular weight is 395 g/mol. The topological polar surface area (TPSA) is 71.3 Å². The van der Waals surface area contributed by atoms with Gasteiger partial charge in [0.05, 0.1) is 0 Å². The Morgan fingerprint density at radius 3 is 2.69 bits per heavy atom. The number of aryl methyl sites for hydroxylation is 1. The van der Waals surface area contributed by atoms with E-state index in [0.29, 0.717) is 39.9 Å². The number of halogens is 2. The summed E-state index contributed by atoms with van der Waals surface area (Å²) >= 11 is 4.29. The number of fused-ring (bicyclic) bond motifs is 1. The SMILES string of the molecule is Cn1cc(-c2cc(CCNS(=O)O)ccc2Cl)c2cc(F)ccc2c1=O. The van der Waals surface area contributed by atoms with E-state index in [-0.39, 0.29) is 5.56 Å². The Kier molecular flexibility index (Phi) is 5.52. The van der Waals surface area contributed by atoms with Crippen molar-refractivity contribution in [2.45, 2.75) is 6.42 Å².